The number of carbonyl (C=O) groups is 1. The first kappa shape index (κ1) is 17.4. The van der Waals surface area contributed by atoms with E-state index in [0.717, 1.165) is 54.3 Å². The van der Waals surface area contributed by atoms with Crippen LogP contribution in [0.25, 0.3) is 11.3 Å². The molecule has 1 atom stereocenters. The molecule has 1 aliphatic heterocycles. The van der Waals surface area contributed by atoms with E-state index in [4.69, 9.17) is 4.52 Å². The topological polar surface area (TPSA) is 89.9 Å². The highest BCUT2D eigenvalue weighted by molar-refractivity contribution is 5.92. The van der Waals surface area contributed by atoms with Gasteiger partial charge in [-0.1, -0.05) is 5.16 Å². The van der Waals surface area contributed by atoms with E-state index in [0.29, 0.717) is 11.6 Å². The van der Waals surface area contributed by atoms with Gasteiger partial charge in [0.05, 0.1) is 28.8 Å². The lowest BCUT2D eigenvalue weighted by Crippen LogP contribution is -2.29. The standard InChI is InChI=1S/C19H22N6O2/c1-12-18(13(2)27-23-12)17-10-20-15(9-21-17)8-14-4-7-25(11-14)19(26)16-5-6-24(3)22-16/h5-6,9-10,14H,4,7-8,11H2,1-3H3. The number of aryl methyl sites for hydroxylation is 3. The lowest BCUT2D eigenvalue weighted by atomic mass is 10.0. The van der Waals surface area contributed by atoms with E-state index in [-0.39, 0.29) is 5.91 Å². The second kappa shape index (κ2) is 6.94. The van der Waals surface area contributed by atoms with E-state index in [2.05, 4.69) is 20.2 Å². The number of carbonyl (C=O) groups excluding carboxylic acids is 1. The number of hydrogen-bond donors (Lipinski definition) is 0. The maximum atomic E-state index is 12.5. The van der Waals surface area contributed by atoms with Crippen LogP contribution in [-0.2, 0) is 13.5 Å². The van der Waals surface area contributed by atoms with Gasteiger partial charge in [-0.2, -0.15) is 5.10 Å². The van der Waals surface area contributed by atoms with Crippen LogP contribution in [0.15, 0.2) is 29.2 Å². The van der Waals surface area contributed by atoms with Crippen molar-refractivity contribution >= 4 is 5.91 Å². The van der Waals surface area contributed by atoms with E-state index in [1.807, 2.05) is 32.0 Å². The van der Waals surface area contributed by atoms with Crippen LogP contribution in [0.3, 0.4) is 0 Å². The molecule has 0 spiro atoms. The molecule has 0 N–H and O–H groups in total. The summed E-state index contributed by atoms with van der Waals surface area (Å²) in [7, 11) is 1.81. The largest absolute Gasteiger partial charge is 0.361 e. The van der Waals surface area contributed by atoms with Gasteiger partial charge in [-0.3, -0.25) is 19.4 Å². The smallest absolute Gasteiger partial charge is 0.274 e. The van der Waals surface area contributed by atoms with Gasteiger partial charge in [-0.25, -0.2) is 0 Å². The molecule has 1 aliphatic rings. The zero-order chi connectivity index (χ0) is 19.0. The first-order valence-corrected chi connectivity index (χ1v) is 9.04. The minimum absolute atomic E-state index is 0.00191. The Labute approximate surface area is 157 Å². The first-order valence-electron chi connectivity index (χ1n) is 9.04. The fourth-order valence-corrected chi connectivity index (χ4v) is 3.61. The van der Waals surface area contributed by atoms with E-state index in [1.165, 1.54) is 0 Å². The summed E-state index contributed by atoms with van der Waals surface area (Å²) in [6.45, 7) is 5.25. The molecule has 1 amide bonds. The van der Waals surface area contributed by atoms with Crippen LogP contribution in [0.2, 0.25) is 0 Å². The van der Waals surface area contributed by atoms with Crippen molar-refractivity contribution in [2.75, 3.05) is 13.1 Å². The second-order valence-electron chi connectivity index (χ2n) is 7.08. The Morgan fingerprint density at radius 2 is 2.15 bits per heavy atom. The summed E-state index contributed by atoms with van der Waals surface area (Å²) >= 11 is 0. The molecule has 8 heteroatoms. The predicted octanol–water partition coefficient (Wildman–Crippen LogP) is 2.19. The molecular weight excluding hydrogens is 344 g/mol. The molecule has 1 unspecified atom stereocenters. The van der Waals surface area contributed by atoms with Crippen LogP contribution in [0.5, 0.6) is 0 Å². The highest BCUT2D eigenvalue weighted by atomic mass is 16.5. The number of aromatic nitrogens is 5. The summed E-state index contributed by atoms with van der Waals surface area (Å²) in [6, 6.07) is 1.76. The summed E-state index contributed by atoms with van der Waals surface area (Å²) in [5, 5.41) is 8.17. The minimum Gasteiger partial charge on any atom is -0.361 e. The maximum absolute atomic E-state index is 12.5. The molecule has 4 rings (SSSR count). The number of nitrogens with zero attached hydrogens (tertiary/aromatic N) is 6. The molecular formula is C19H22N6O2. The van der Waals surface area contributed by atoms with Gasteiger partial charge in [0.15, 0.2) is 0 Å². The Bertz CT molecular complexity index is 939. The highest BCUT2D eigenvalue weighted by Crippen LogP contribution is 2.25. The summed E-state index contributed by atoms with van der Waals surface area (Å²) in [5.74, 6) is 1.13. The third-order valence-electron chi connectivity index (χ3n) is 5.00. The molecule has 0 bridgehead atoms. The summed E-state index contributed by atoms with van der Waals surface area (Å²) in [5.41, 5.74) is 3.92. The maximum Gasteiger partial charge on any atom is 0.274 e. The molecule has 0 aromatic carbocycles. The number of rotatable bonds is 4. The van der Waals surface area contributed by atoms with Gasteiger partial charge in [0.2, 0.25) is 0 Å². The van der Waals surface area contributed by atoms with Crippen molar-refractivity contribution < 1.29 is 9.32 Å². The lowest BCUT2D eigenvalue weighted by Gasteiger charge is -2.15. The average molecular weight is 366 g/mol. The normalized spacial score (nSPS) is 16.9. The molecule has 1 saturated heterocycles. The van der Waals surface area contributed by atoms with Crippen molar-refractivity contribution in [3.63, 3.8) is 0 Å². The fraction of sp³-hybridized carbons (Fsp3) is 0.421. The van der Waals surface area contributed by atoms with E-state index in [9.17, 15) is 4.79 Å². The van der Waals surface area contributed by atoms with Crippen molar-refractivity contribution in [3.05, 3.63) is 47.5 Å². The number of likely N-dealkylation sites (tertiary alicyclic amines) is 1. The molecule has 0 aliphatic carbocycles. The Morgan fingerprint density at radius 3 is 2.78 bits per heavy atom. The molecule has 0 radical (unpaired) electrons. The molecule has 140 valence electrons. The van der Waals surface area contributed by atoms with E-state index in [1.54, 1.807) is 23.1 Å². The van der Waals surface area contributed by atoms with Crippen molar-refractivity contribution in [2.24, 2.45) is 13.0 Å². The number of amides is 1. The van der Waals surface area contributed by atoms with Gasteiger partial charge in [0.25, 0.3) is 5.91 Å². The van der Waals surface area contributed by atoms with Crippen LogP contribution in [-0.4, -0.2) is 48.8 Å². The van der Waals surface area contributed by atoms with Crippen LogP contribution >= 0.6 is 0 Å². The third kappa shape index (κ3) is 3.47. The van der Waals surface area contributed by atoms with Gasteiger partial charge in [-0.15, -0.1) is 0 Å². The van der Waals surface area contributed by atoms with Gasteiger partial charge in [0, 0.05) is 32.5 Å². The Morgan fingerprint density at radius 1 is 1.30 bits per heavy atom. The predicted molar refractivity (Wildman–Crippen MR) is 97.9 cm³/mol. The zero-order valence-corrected chi connectivity index (χ0v) is 15.7. The summed E-state index contributed by atoms with van der Waals surface area (Å²) in [6.07, 6.45) is 7.14. The molecule has 27 heavy (non-hydrogen) atoms. The average Bonchev–Trinajstić information content (AvgIpc) is 3.37. The number of hydrogen-bond acceptors (Lipinski definition) is 6. The summed E-state index contributed by atoms with van der Waals surface area (Å²) in [4.78, 5) is 23.5. The van der Waals surface area contributed by atoms with Crippen LogP contribution in [0, 0.1) is 19.8 Å². The molecule has 1 fully saturated rings. The van der Waals surface area contributed by atoms with Gasteiger partial charge >= 0.3 is 0 Å². The van der Waals surface area contributed by atoms with E-state index < -0.39 is 0 Å². The van der Waals surface area contributed by atoms with Crippen LogP contribution < -0.4 is 0 Å². The molecule has 3 aromatic heterocycles. The highest BCUT2D eigenvalue weighted by Gasteiger charge is 2.28. The third-order valence-corrected chi connectivity index (χ3v) is 5.00. The second-order valence-corrected chi connectivity index (χ2v) is 7.08. The Kier molecular flexibility index (Phi) is 4.47. The molecule has 0 saturated carbocycles. The molecule has 4 heterocycles. The van der Waals surface area contributed by atoms with E-state index >= 15 is 0 Å². The molecule has 8 nitrogen and oxygen atoms in total. The zero-order valence-electron chi connectivity index (χ0n) is 15.7. The quantitative estimate of drug-likeness (QED) is 0.703. The fourth-order valence-electron chi connectivity index (χ4n) is 3.61. The van der Waals surface area contributed by atoms with Crippen molar-refractivity contribution in [1.29, 1.82) is 0 Å². The van der Waals surface area contributed by atoms with Gasteiger partial charge < -0.3 is 9.42 Å². The van der Waals surface area contributed by atoms with Crippen molar-refractivity contribution in [1.82, 2.24) is 29.8 Å². The minimum atomic E-state index is -0.00191. The molecule has 3 aromatic rings. The van der Waals surface area contributed by atoms with Crippen molar-refractivity contribution in [2.45, 2.75) is 26.7 Å². The lowest BCUT2D eigenvalue weighted by molar-refractivity contribution is 0.0780. The van der Waals surface area contributed by atoms with Crippen molar-refractivity contribution in [3.8, 4) is 11.3 Å². The van der Waals surface area contributed by atoms with Crippen LogP contribution in [0.1, 0.15) is 34.1 Å². The monoisotopic (exact) mass is 366 g/mol. The van der Waals surface area contributed by atoms with Gasteiger partial charge in [-0.05, 0) is 38.7 Å². The Balaban J connectivity index is 1.39. The first-order chi connectivity index (χ1) is 13.0. The summed E-state index contributed by atoms with van der Waals surface area (Å²) < 4.78 is 6.85. The van der Waals surface area contributed by atoms with Crippen LogP contribution in [0.4, 0.5) is 0 Å². The Hall–Kier alpha value is -3.03. The SMILES string of the molecule is Cc1noc(C)c1-c1cnc(CC2CCN(C(=O)c3ccn(C)n3)C2)cn1. The van der Waals surface area contributed by atoms with Gasteiger partial charge in [0.1, 0.15) is 11.5 Å².